The maximum atomic E-state index is 11.3. The zero-order valence-electron chi connectivity index (χ0n) is 11.6. The summed E-state index contributed by atoms with van der Waals surface area (Å²) in [6.07, 6.45) is 7.44. The van der Waals surface area contributed by atoms with Crippen LogP contribution in [-0.4, -0.2) is 35.4 Å². The molecule has 0 bridgehead atoms. The van der Waals surface area contributed by atoms with Crippen molar-refractivity contribution >= 4 is 11.9 Å². The van der Waals surface area contributed by atoms with Crippen molar-refractivity contribution in [1.29, 1.82) is 0 Å². The lowest BCUT2D eigenvalue weighted by atomic mass is 10.1. The van der Waals surface area contributed by atoms with E-state index in [-0.39, 0.29) is 19.0 Å². The normalized spacial score (nSPS) is 10.4. The number of carbonyl (C=O) groups is 2. The van der Waals surface area contributed by atoms with Crippen molar-refractivity contribution in [2.75, 3.05) is 13.2 Å². The number of unbranched alkanes of at least 4 members (excludes halogenated alkanes) is 6. The van der Waals surface area contributed by atoms with Gasteiger partial charge in [-0.15, -0.1) is 0 Å². The highest BCUT2D eigenvalue weighted by atomic mass is 16.5. The van der Waals surface area contributed by atoms with Crippen molar-refractivity contribution in [2.45, 2.75) is 64.2 Å². The maximum absolute atomic E-state index is 11.3. The van der Waals surface area contributed by atoms with E-state index in [0.717, 1.165) is 44.9 Å². The lowest BCUT2D eigenvalue weighted by molar-refractivity contribution is -0.144. The Morgan fingerprint density at radius 1 is 0.789 bits per heavy atom. The first-order valence-electron chi connectivity index (χ1n) is 7.15. The third kappa shape index (κ3) is 14.8. The summed E-state index contributed by atoms with van der Waals surface area (Å²) in [7, 11) is 0. The Hall–Kier alpha value is -1.10. The Kier molecular flexibility index (Phi) is 12.6. The number of ether oxygens (including phenoxy) is 1. The summed E-state index contributed by atoms with van der Waals surface area (Å²) in [5.74, 6) is -0.915. The first-order valence-corrected chi connectivity index (χ1v) is 7.15. The zero-order valence-corrected chi connectivity index (χ0v) is 11.6. The van der Waals surface area contributed by atoms with E-state index in [1.807, 2.05) is 0 Å². The van der Waals surface area contributed by atoms with Gasteiger partial charge in [-0.05, 0) is 25.7 Å². The Balaban J connectivity index is 3.18. The van der Waals surface area contributed by atoms with E-state index in [1.165, 1.54) is 0 Å². The summed E-state index contributed by atoms with van der Waals surface area (Å²) >= 11 is 0. The molecule has 0 radical (unpaired) electrons. The molecule has 112 valence electrons. The van der Waals surface area contributed by atoms with Crippen LogP contribution >= 0.6 is 0 Å². The van der Waals surface area contributed by atoms with Crippen molar-refractivity contribution in [3.05, 3.63) is 0 Å². The highest BCUT2D eigenvalue weighted by Gasteiger charge is 2.02. The summed E-state index contributed by atoms with van der Waals surface area (Å²) < 4.78 is 5.07. The molecule has 0 unspecified atom stereocenters. The number of hydrogen-bond donors (Lipinski definition) is 2. The largest absolute Gasteiger partial charge is 0.481 e. The van der Waals surface area contributed by atoms with Gasteiger partial charge < -0.3 is 14.9 Å². The van der Waals surface area contributed by atoms with Gasteiger partial charge in [0.05, 0.1) is 6.61 Å². The molecule has 5 heteroatoms. The number of carboxylic acids is 1. The lowest BCUT2D eigenvalue weighted by Gasteiger charge is -2.04. The highest BCUT2D eigenvalue weighted by Crippen LogP contribution is 2.06. The van der Waals surface area contributed by atoms with E-state index < -0.39 is 5.97 Å². The Morgan fingerprint density at radius 2 is 1.37 bits per heavy atom. The molecule has 2 N–H and O–H groups in total. The Bertz CT molecular complexity index is 240. The zero-order chi connectivity index (χ0) is 14.3. The van der Waals surface area contributed by atoms with Gasteiger partial charge in [0.2, 0.25) is 0 Å². The Morgan fingerprint density at radius 3 is 2.00 bits per heavy atom. The number of carbonyl (C=O) groups excluding carboxylic acids is 1. The van der Waals surface area contributed by atoms with E-state index in [9.17, 15) is 9.59 Å². The molecule has 0 saturated carbocycles. The number of rotatable bonds is 13. The van der Waals surface area contributed by atoms with Crippen molar-refractivity contribution in [3.8, 4) is 0 Å². The molecule has 5 nitrogen and oxygen atoms in total. The van der Waals surface area contributed by atoms with Gasteiger partial charge in [-0.1, -0.05) is 25.7 Å². The molecular weight excluding hydrogens is 248 g/mol. The maximum Gasteiger partial charge on any atom is 0.305 e. The molecule has 0 saturated heterocycles. The van der Waals surface area contributed by atoms with E-state index >= 15 is 0 Å². The highest BCUT2D eigenvalue weighted by molar-refractivity contribution is 5.69. The molecule has 0 aromatic rings. The minimum absolute atomic E-state index is 0.158. The lowest BCUT2D eigenvalue weighted by Crippen LogP contribution is -2.05. The van der Waals surface area contributed by atoms with Crippen molar-refractivity contribution < 1.29 is 24.5 Å². The van der Waals surface area contributed by atoms with Gasteiger partial charge in [0, 0.05) is 19.4 Å². The van der Waals surface area contributed by atoms with E-state index in [4.69, 9.17) is 14.9 Å². The summed E-state index contributed by atoms with van der Waals surface area (Å²) in [5.41, 5.74) is 0. The number of aliphatic carboxylic acids is 1. The molecule has 0 amide bonds. The standard InChI is InChI=1S/C14H26O5/c15-11-7-3-1-6-10-14(18)19-12-8-4-2-5-9-13(16)17/h15H,1-12H2,(H,16,17). The smallest absolute Gasteiger partial charge is 0.305 e. The van der Waals surface area contributed by atoms with Crippen molar-refractivity contribution in [3.63, 3.8) is 0 Å². The average Bonchev–Trinajstić information content (AvgIpc) is 2.37. The quantitative estimate of drug-likeness (QED) is 0.398. The third-order valence-electron chi connectivity index (χ3n) is 2.84. The second kappa shape index (κ2) is 13.3. The van der Waals surface area contributed by atoms with Crippen LogP contribution in [0.15, 0.2) is 0 Å². The van der Waals surface area contributed by atoms with Gasteiger partial charge in [0.1, 0.15) is 0 Å². The molecule has 0 aromatic heterocycles. The number of esters is 1. The minimum atomic E-state index is -0.757. The molecule has 0 heterocycles. The van der Waals surface area contributed by atoms with Crippen LogP contribution in [0.1, 0.15) is 64.2 Å². The molecule has 0 rings (SSSR count). The number of carboxylic acid groups (broad SMARTS) is 1. The van der Waals surface area contributed by atoms with Gasteiger partial charge in [-0.25, -0.2) is 0 Å². The van der Waals surface area contributed by atoms with Crippen LogP contribution in [0.25, 0.3) is 0 Å². The van der Waals surface area contributed by atoms with E-state index in [2.05, 4.69) is 0 Å². The first kappa shape index (κ1) is 17.9. The molecule has 0 atom stereocenters. The third-order valence-corrected chi connectivity index (χ3v) is 2.84. The van der Waals surface area contributed by atoms with Gasteiger partial charge in [-0.3, -0.25) is 9.59 Å². The van der Waals surface area contributed by atoms with Crippen LogP contribution < -0.4 is 0 Å². The minimum Gasteiger partial charge on any atom is -0.481 e. The number of aliphatic hydroxyl groups is 1. The summed E-state index contributed by atoms with van der Waals surface area (Å²) in [5, 5.41) is 17.0. The van der Waals surface area contributed by atoms with Crippen molar-refractivity contribution in [2.24, 2.45) is 0 Å². The monoisotopic (exact) mass is 274 g/mol. The number of aliphatic hydroxyl groups excluding tert-OH is 1. The van der Waals surface area contributed by atoms with Crippen LogP contribution in [-0.2, 0) is 14.3 Å². The van der Waals surface area contributed by atoms with Gasteiger partial charge in [0.25, 0.3) is 0 Å². The molecular formula is C14H26O5. The van der Waals surface area contributed by atoms with Gasteiger partial charge in [-0.2, -0.15) is 0 Å². The molecule has 0 aliphatic carbocycles. The fourth-order valence-electron chi connectivity index (χ4n) is 1.72. The fraction of sp³-hybridized carbons (Fsp3) is 0.857. The first-order chi connectivity index (χ1) is 9.16. The van der Waals surface area contributed by atoms with Crippen molar-refractivity contribution in [1.82, 2.24) is 0 Å². The van der Waals surface area contributed by atoms with Crippen LogP contribution in [0, 0.1) is 0 Å². The topological polar surface area (TPSA) is 83.8 Å². The summed E-state index contributed by atoms with van der Waals surface area (Å²) in [6, 6.07) is 0. The van der Waals surface area contributed by atoms with Crippen LogP contribution in [0.5, 0.6) is 0 Å². The fourth-order valence-corrected chi connectivity index (χ4v) is 1.72. The summed E-state index contributed by atoms with van der Waals surface area (Å²) in [6.45, 7) is 0.648. The molecule has 0 aliphatic rings. The molecule has 0 aromatic carbocycles. The van der Waals surface area contributed by atoms with Gasteiger partial charge in [0.15, 0.2) is 0 Å². The second-order valence-electron chi connectivity index (χ2n) is 4.67. The predicted octanol–water partition coefficient (Wildman–Crippen LogP) is 2.51. The summed E-state index contributed by atoms with van der Waals surface area (Å²) in [4.78, 5) is 21.6. The average molecular weight is 274 g/mol. The molecule has 0 aliphatic heterocycles. The van der Waals surface area contributed by atoms with Gasteiger partial charge >= 0.3 is 11.9 Å². The molecule has 19 heavy (non-hydrogen) atoms. The second-order valence-corrected chi connectivity index (χ2v) is 4.67. The number of hydrogen-bond acceptors (Lipinski definition) is 4. The molecule has 0 fully saturated rings. The SMILES string of the molecule is O=C(O)CCCCCCOC(=O)CCCCCCO. The van der Waals surface area contributed by atoms with E-state index in [1.54, 1.807) is 0 Å². The van der Waals surface area contributed by atoms with Crippen LogP contribution in [0.2, 0.25) is 0 Å². The van der Waals surface area contributed by atoms with E-state index in [0.29, 0.717) is 19.4 Å². The molecule has 0 spiro atoms. The van der Waals surface area contributed by atoms with Crippen LogP contribution in [0.3, 0.4) is 0 Å². The van der Waals surface area contributed by atoms with Crippen LogP contribution in [0.4, 0.5) is 0 Å². The predicted molar refractivity (Wildman–Crippen MR) is 71.9 cm³/mol. The Labute approximate surface area is 115 Å².